The summed E-state index contributed by atoms with van der Waals surface area (Å²) < 4.78 is 5.67. The minimum atomic E-state index is -0.879. The number of fused-ring (bicyclic) bond motifs is 3. The van der Waals surface area contributed by atoms with Crippen LogP contribution < -0.4 is 10.1 Å². The maximum atomic E-state index is 10.2. The number of nitrogens with one attached hydrogen (secondary N) is 1. The number of anilines is 1. The van der Waals surface area contributed by atoms with Gasteiger partial charge in [-0.15, -0.1) is 0 Å². The van der Waals surface area contributed by atoms with Crippen LogP contribution >= 0.6 is 0 Å². The molecule has 2 atom stereocenters. The van der Waals surface area contributed by atoms with E-state index in [1.54, 1.807) is 30.3 Å². The molecular weight excluding hydrogens is 314 g/mol. The lowest BCUT2D eigenvalue weighted by Gasteiger charge is -2.30. The average Bonchev–Trinajstić information content (AvgIpc) is 3.13. The molecule has 0 radical (unpaired) electrons. The highest BCUT2D eigenvalue weighted by Crippen LogP contribution is 2.44. The maximum Gasteiger partial charge on any atom is 0.335 e. The third-order valence-corrected chi connectivity index (χ3v) is 4.57. The Kier molecular flexibility index (Phi) is 5.39. The molecule has 2 N–H and O–H groups in total. The van der Waals surface area contributed by atoms with Crippen molar-refractivity contribution in [3.63, 3.8) is 0 Å². The van der Waals surface area contributed by atoms with Crippen molar-refractivity contribution in [1.82, 2.24) is 0 Å². The van der Waals surface area contributed by atoms with Gasteiger partial charge in [0.05, 0.1) is 17.9 Å². The van der Waals surface area contributed by atoms with Crippen LogP contribution in [0.3, 0.4) is 0 Å². The Hall–Kier alpha value is -2.75. The lowest BCUT2D eigenvalue weighted by molar-refractivity contribution is 0.0697. The molecule has 0 bridgehead atoms. The fourth-order valence-electron chi connectivity index (χ4n) is 3.38. The molecule has 0 amide bonds. The average molecular weight is 337 g/mol. The number of carbonyl (C=O) groups is 1. The summed E-state index contributed by atoms with van der Waals surface area (Å²) >= 11 is 0. The molecule has 0 spiro atoms. The summed E-state index contributed by atoms with van der Waals surface area (Å²) in [6.07, 6.45) is 5.86. The third-order valence-electron chi connectivity index (χ3n) is 4.57. The van der Waals surface area contributed by atoms with Crippen molar-refractivity contribution < 1.29 is 14.6 Å². The Morgan fingerprint density at radius 1 is 1.20 bits per heavy atom. The Balaban J connectivity index is 0.000000173. The zero-order valence-electron chi connectivity index (χ0n) is 14.3. The summed E-state index contributed by atoms with van der Waals surface area (Å²) in [5, 5.41) is 11.9. The van der Waals surface area contributed by atoms with Crippen molar-refractivity contribution in [3.8, 4) is 5.75 Å². The van der Waals surface area contributed by atoms with Crippen LogP contribution in [0.4, 0.5) is 5.69 Å². The van der Waals surface area contributed by atoms with Gasteiger partial charge in [0.25, 0.3) is 0 Å². The second-order valence-electron chi connectivity index (χ2n) is 6.16. The summed E-state index contributed by atoms with van der Waals surface area (Å²) in [6.45, 7) is 3.82. The van der Waals surface area contributed by atoms with Crippen molar-refractivity contribution in [2.45, 2.75) is 19.3 Å². The van der Waals surface area contributed by atoms with Gasteiger partial charge in [-0.05, 0) is 43.0 Å². The minimum Gasteiger partial charge on any atom is -0.492 e. The molecule has 2 unspecified atom stereocenters. The molecule has 4 nitrogen and oxygen atoms in total. The molecule has 0 saturated heterocycles. The summed E-state index contributed by atoms with van der Waals surface area (Å²) in [4.78, 5) is 10.2. The van der Waals surface area contributed by atoms with Gasteiger partial charge >= 0.3 is 5.97 Å². The van der Waals surface area contributed by atoms with Crippen molar-refractivity contribution in [2.24, 2.45) is 5.92 Å². The zero-order valence-corrected chi connectivity index (χ0v) is 14.3. The van der Waals surface area contributed by atoms with Gasteiger partial charge in [0.1, 0.15) is 5.75 Å². The van der Waals surface area contributed by atoms with E-state index in [0.29, 0.717) is 11.5 Å². The monoisotopic (exact) mass is 337 g/mol. The highest BCUT2D eigenvalue weighted by Gasteiger charge is 2.31. The van der Waals surface area contributed by atoms with Crippen molar-refractivity contribution in [3.05, 3.63) is 71.8 Å². The van der Waals surface area contributed by atoms with Gasteiger partial charge < -0.3 is 15.2 Å². The van der Waals surface area contributed by atoms with E-state index in [2.05, 4.69) is 29.6 Å². The fraction of sp³-hybridized carbons (Fsp3) is 0.286. The lowest BCUT2D eigenvalue weighted by Crippen LogP contribution is -2.24. The molecular formula is C21H23NO3. The van der Waals surface area contributed by atoms with Crippen LogP contribution in [0.2, 0.25) is 0 Å². The van der Waals surface area contributed by atoms with Crippen LogP contribution in [-0.2, 0) is 0 Å². The number of carboxylic acid groups (broad SMARTS) is 1. The van der Waals surface area contributed by atoms with E-state index in [0.717, 1.165) is 24.8 Å². The molecule has 1 aliphatic heterocycles. The van der Waals surface area contributed by atoms with Gasteiger partial charge in [-0.25, -0.2) is 4.79 Å². The molecule has 2 aromatic rings. The second kappa shape index (κ2) is 7.88. The molecule has 1 heterocycles. The third kappa shape index (κ3) is 3.85. The highest BCUT2D eigenvalue weighted by molar-refractivity contribution is 5.87. The van der Waals surface area contributed by atoms with Crippen LogP contribution in [0.15, 0.2) is 60.7 Å². The van der Waals surface area contributed by atoms with Crippen LogP contribution in [0.5, 0.6) is 5.75 Å². The number of rotatable bonds is 3. The van der Waals surface area contributed by atoms with E-state index in [1.807, 2.05) is 13.0 Å². The highest BCUT2D eigenvalue weighted by atomic mass is 16.5. The second-order valence-corrected chi connectivity index (χ2v) is 6.16. The predicted molar refractivity (Wildman–Crippen MR) is 99.5 cm³/mol. The first-order chi connectivity index (χ1) is 12.2. The number of para-hydroxylation sites is 1. The Morgan fingerprint density at radius 2 is 2.00 bits per heavy atom. The molecule has 0 aromatic heterocycles. The molecule has 0 saturated carbocycles. The number of carboxylic acids is 1. The van der Waals surface area contributed by atoms with E-state index in [1.165, 1.54) is 17.7 Å². The van der Waals surface area contributed by atoms with Crippen molar-refractivity contribution >= 4 is 11.7 Å². The number of aromatic carboxylic acids is 1. The molecule has 130 valence electrons. The summed E-state index contributed by atoms with van der Waals surface area (Å²) in [5.41, 5.74) is 2.94. The predicted octanol–water partition coefficient (Wildman–Crippen LogP) is 4.56. The molecule has 2 aromatic carbocycles. The SMILES string of the molecule is CCOc1cccc2c1NCC1CC=CC21.O=C(O)c1ccccc1. The quantitative estimate of drug-likeness (QED) is 0.807. The van der Waals surface area contributed by atoms with Crippen molar-refractivity contribution in [1.29, 1.82) is 0 Å². The normalized spacial score (nSPS) is 19.7. The van der Waals surface area contributed by atoms with E-state index >= 15 is 0 Å². The number of ether oxygens (including phenoxy) is 1. The van der Waals surface area contributed by atoms with Gasteiger partial charge in [-0.2, -0.15) is 0 Å². The first-order valence-electron chi connectivity index (χ1n) is 8.65. The largest absolute Gasteiger partial charge is 0.492 e. The van der Waals surface area contributed by atoms with E-state index in [9.17, 15) is 4.79 Å². The van der Waals surface area contributed by atoms with E-state index < -0.39 is 5.97 Å². The summed E-state index contributed by atoms with van der Waals surface area (Å²) in [7, 11) is 0. The number of allylic oxidation sites excluding steroid dienone is 2. The van der Waals surface area contributed by atoms with Crippen LogP contribution in [-0.4, -0.2) is 24.2 Å². The van der Waals surface area contributed by atoms with Crippen molar-refractivity contribution in [2.75, 3.05) is 18.5 Å². The van der Waals surface area contributed by atoms with Gasteiger partial charge in [0.15, 0.2) is 0 Å². The Morgan fingerprint density at radius 3 is 2.68 bits per heavy atom. The standard InChI is InChI=1S/C14H17NO.C7H6O2/c1-2-16-13-8-4-7-12-11-6-3-5-10(11)9-15-14(12)13;8-7(9)6-4-2-1-3-5-6/h3-4,6-8,10-11,15H,2,5,9H2,1H3;1-5H,(H,8,9). The Bertz CT molecular complexity index is 755. The van der Waals surface area contributed by atoms with Crippen LogP contribution in [0.1, 0.15) is 35.2 Å². The zero-order chi connectivity index (χ0) is 17.6. The summed E-state index contributed by atoms with van der Waals surface area (Å²) in [5.74, 6) is 1.45. The van der Waals surface area contributed by atoms with Crippen LogP contribution in [0, 0.1) is 5.92 Å². The van der Waals surface area contributed by atoms with Gasteiger partial charge in [0.2, 0.25) is 0 Å². The fourth-order valence-corrected chi connectivity index (χ4v) is 3.38. The molecule has 25 heavy (non-hydrogen) atoms. The molecule has 4 heteroatoms. The first-order valence-corrected chi connectivity index (χ1v) is 8.65. The smallest absolute Gasteiger partial charge is 0.335 e. The topological polar surface area (TPSA) is 58.6 Å². The van der Waals surface area contributed by atoms with Crippen LogP contribution in [0.25, 0.3) is 0 Å². The Labute approximate surface area is 148 Å². The van der Waals surface area contributed by atoms with Gasteiger partial charge in [-0.1, -0.05) is 42.5 Å². The molecule has 2 aliphatic rings. The number of hydrogen-bond acceptors (Lipinski definition) is 3. The first kappa shape index (κ1) is 17.1. The van der Waals surface area contributed by atoms with Gasteiger partial charge in [-0.3, -0.25) is 0 Å². The number of benzene rings is 2. The molecule has 0 fully saturated rings. The molecule has 1 aliphatic carbocycles. The lowest BCUT2D eigenvalue weighted by atomic mass is 9.84. The van der Waals surface area contributed by atoms with E-state index in [4.69, 9.17) is 9.84 Å². The van der Waals surface area contributed by atoms with E-state index in [-0.39, 0.29) is 0 Å². The maximum absolute atomic E-state index is 10.2. The minimum absolute atomic E-state index is 0.331. The van der Waals surface area contributed by atoms with Gasteiger partial charge in [0, 0.05) is 12.5 Å². The number of hydrogen-bond donors (Lipinski definition) is 2. The molecule has 4 rings (SSSR count). The summed E-state index contributed by atoms with van der Waals surface area (Å²) in [6, 6.07) is 14.7.